The quantitative estimate of drug-likeness (QED) is 0.285. The maximum Gasteiger partial charge on any atom is 0.268 e. The van der Waals surface area contributed by atoms with E-state index in [1.807, 2.05) is 19.9 Å². The Balaban J connectivity index is 1.77. The van der Waals surface area contributed by atoms with Gasteiger partial charge >= 0.3 is 0 Å². The molecule has 11 nitrogen and oxygen atoms in total. The van der Waals surface area contributed by atoms with Gasteiger partial charge in [-0.15, -0.1) is 0 Å². The second-order valence-electron chi connectivity index (χ2n) is 9.71. The highest BCUT2D eigenvalue weighted by Gasteiger charge is 2.33. The van der Waals surface area contributed by atoms with Crippen molar-refractivity contribution in [2.45, 2.75) is 52.1 Å². The Bertz CT molecular complexity index is 1170. The van der Waals surface area contributed by atoms with Crippen LogP contribution in [0.15, 0.2) is 24.3 Å². The first kappa shape index (κ1) is 27.7. The minimum absolute atomic E-state index is 0.0630. The fourth-order valence-corrected chi connectivity index (χ4v) is 4.40. The summed E-state index contributed by atoms with van der Waals surface area (Å²) in [5.41, 5.74) is 0.981. The summed E-state index contributed by atoms with van der Waals surface area (Å²) in [5.74, 6) is -1.73. The number of amides is 4. The first-order chi connectivity index (χ1) is 17.6. The molecule has 37 heavy (non-hydrogen) atoms. The lowest BCUT2D eigenvalue weighted by molar-refractivity contribution is -0.131. The molecule has 1 aliphatic rings. The number of rotatable bonds is 12. The molecule has 2 heterocycles. The number of carbonyl (C=O) groups is 5. The van der Waals surface area contributed by atoms with E-state index >= 15 is 0 Å². The lowest BCUT2D eigenvalue weighted by Crippen LogP contribution is -2.54. The van der Waals surface area contributed by atoms with Gasteiger partial charge in [-0.1, -0.05) is 19.9 Å². The van der Waals surface area contributed by atoms with Crippen LogP contribution in [0.2, 0.25) is 0 Å². The van der Waals surface area contributed by atoms with Crippen molar-refractivity contribution < 1.29 is 28.7 Å². The van der Waals surface area contributed by atoms with Crippen LogP contribution in [0.4, 0.5) is 0 Å². The number of methoxy groups -OCH3 is 1. The van der Waals surface area contributed by atoms with Gasteiger partial charge in [-0.2, -0.15) is 0 Å². The first-order valence-electron chi connectivity index (χ1n) is 12.4. The van der Waals surface area contributed by atoms with Crippen LogP contribution >= 0.6 is 0 Å². The molecule has 0 bridgehead atoms. The van der Waals surface area contributed by atoms with Crippen molar-refractivity contribution in [1.29, 1.82) is 0 Å². The van der Waals surface area contributed by atoms with E-state index < -0.39 is 35.6 Å². The van der Waals surface area contributed by atoms with E-state index in [0.29, 0.717) is 30.7 Å². The maximum absolute atomic E-state index is 13.3. The number of ether oxygens (including phenoxy) is 1. The molecule has 5 N–H and O–H groups in total. The highest BCUT2D eigenvalue weighted by molar-refractivity contribution is 6.02. The molecule has 4 amide bonds. The number of aromatic nitrogens is 1. The van der Waals surface area contributed by atoms with Crippen LogP contribution < -0.4 is 26.0 Å². The van der Waals surface area contributed by atoms with Gasteiger partial charge in [-0.25, -0.2) is 0 Å². The van der Waals surface area contributed by atoms with Gasteiger partial charge in [0.2, 0.25) is 17.7 Å². The highest BCUT2D eigenvalue weighted by Crippen LogP contribution is 2.26. The van der Waals surface area contributed by atoms with Crippen LogP contribution in [0, 0.1) is 11.8 Å². The molecule has 1 saturated heterocycles. The Labute approximate surface area is 215 Å². The Morgan fingerprint density at radius 3 is 2.51 bits per heavy atom. The SMILES string of the molecule is COc1cccc2[nH]c(C(=O)N[C@@H](CC(C)C)C(=O)N[C@@H](C[C@@H]3CCNC3=O)C(=O)CNC(C)=O)cc12. The first-order valence-corrected chi connectivity index (χ1v) is 12.4. The maximum atomic E-state index is 13.3. The number of ketones is 1. The van der Waals surface area contributed by atoms with Gasteiger partial charge in [0, 0.05) is 30.3 Å². The largest absolute Gasteiger partial charge is 0.496 e. The summed E-state index contributed by atoms with van der Waals surface area (Å²) in [6, 6.07) is 5.16. The molecule has 0 aliphatic carbocycles. The Morgan fingerprint density at radius 1 is 1.14 bits per heavy atom. The molecule has 0 spiro atoms. The summed E-state index contributed by atoms with van der Waals surface area (Å²) in [4.78, 5) is 65.8. The minimum Gasteiger partial charge on any atom is -0.496 e. The molecule has 0 radical (unpaired) electrons. The number of carbonyl (C=O) groups excluding carboxylic acids is 5. The summed E-state index contributed by atoms with van der Waals surface area (Å²) < 4.78 is 5.35. The molecule has 0 unspecified atom stereocenters. The molecule has 0 saturated carbocycles. The highest BCUT2D eigenvalue weighted by atomic mass is 16.5. The molecule has 1 aliphatic heterocycles. The van der Waals surface area contributed by atoms with E-state index in [9.17, 15) is 24.0 Å². The van der Waals surface area contributed by atoms with Crippen LogP contribution in [0.1, 0.15) is 50.5 Å². The van der Waals surface area contributed by atoms with Crippen molar-refractivity contribution in [2.75, 3.05) is 20.2 Å². The van der Waals surface area contributed by atoms with E-state index in [1.165, 1.54) is 6.92 Å². The number of H-pyrrole nitrogens is 1. The third-order valence-corrected chi connectivity index (χ3v) is 6.32. The smallest absolute Gasteiger partial charge is 0.268 e. The van der Waals surface area contributed by atoms with E-state index in [2.05, 4.69) is 26.3 Å². The summed E-state index contributed by atoms with van der Waals surface area (Å²) in [6.07, 6.45) is 0.992. The summed E-state index contributed by atoms with van der Waals surface area (Å²) in [6.45, 7) is 5.36. The Morgan fingerprint density at radius 2 is 1.89 bits per heavy atom. The normalized spacial score (nSPS) is 16.7. The number of fused-ring (bicyclic) bond motifs is 1. The predicted octanol–water partition coefficient (Wildman–Crippen LogP) is 1.04. The van der Waals surface area contributed by atoms with E-state index in [1.54, 1.807) is 25.3 Å². The molecule has 1 aromatic heterocycles. The standard InChI is InChI=1S/C26H35N5O6/c1-14(2)10-20(31-26(36)21-12-17-18(29-21)6-5-7-23(17)37-4)25(35)30-19(22(33)13-28-15(3)32)11-16-8-9-27-24(16)34/h5-7,12,14,16,19-20,29H,8-11,13H2,1-4H3,(H,27,34)(H,28,32)(H,30,35)(H,31,36)/t16-,19-,20-/m0/s1. The molecular weight excluding hydrogens is 478 g/mol. The molecule has 200 valence electrons. The molecule has 1 aromatic carbocycles. The molecule has 2 aromatic rings. The van der Waals surface area contributed by atoms with Crippen molar-refractivity contribution in [1.82, 2.24) is 26.3 Å². The second-order valence-corrected chi connectivity index (χ2v) is 9.71. The van der Waals surface area contributed by atoms with Crippen LogP contribution in [-0.4, -0.2) is 66.7 Å². The lowest BCUT2D eigenvalue weighted by atomic mass is 9.94. The lowest BCUT2D eigenvalue weighted by Gasteiger charge is -2.25. The predicted molar refractivity (Wildman–Crippen MR) is 137 cm³/mol. The summed E-state index contributed by atoms with van der Waals surface area (Å²) >= 11 is 0. The van der Waals surface area contributed by atoms with E-state index in [4.69, 9.17) is 4.74 Å². The molecular formula is C26H35N5O6. The average Bonchev–Trinajstić information content (AvgIpc) is 3.47. The zero-order valence-electron chi connectivity index (χ0n) is 21.6. The molecule has 1 fully saturated rings. The van der Waals surface area contributed by atoms with Crippen LogP contribution in [0.3, 0.4) is 0 Å². The second kappa shape index (κ2) is 12.4. The zero-order valence-corrected chi connectivity index (χ0v) is 21.6. The van der Waals surface area contributed by atoms with Crippen LogP contribution in [-0.2, 0) is 19.2 Å². The van der Waals surface area contributed by atoms with E-state index in [0.717, 1.165) is 5.39 Å². The fourth-order valence-electron chi connectivity index (χ4n) is 4.40. The van der Waals surface area contributed by atoms with Crippen molar-refractivity contribution in [3.8, 4) is 5.75 Å². The van der Waals surface area contributed by atoms with Crippen LogP contribution in [0.5, 0.6) is 5.75 Å². The topological polar surface area (TPSA) is 158 Å². The summed E-state index contributed by atoms with van der Waals surface area (Å²) in [5, 5.41) is 11.4. The monoisotopic (exact) mass is 513 g/mol. The van der Waals surface area contributed by atoms with Gasteiger partial charge in [0.15, 0.2) is 5.78 Å². The zero-order chi connectivity index (χ0) is 27.1. The number of aromatic amines is 1. The molecule has 11 heteroatoms. The molecule has 3 rings (SSSR count). The third kappa shape index (κ3) is 7.31. The third-order valence-electron chi connectivity index (χ3n) is 6.32. The van der Waals surface area contributed by atoms with Crippen molar-refractivity contribution in [3.63, 3.8) is 0 Å². The molecule has 3 atom stereocenters. The van der Waals surface area contributed by atoms with Gasteiger partial charge < -0.3 is 31.0 Å². The van der Waals surface area contributed by atoms with Gasteiger partial charge in [0.1, 0.15) is 17.5 Å². The van der Waals surface area contributed by atoms with Gasteiger partial charge in [-0.05, 0) is 43.4 Å². The number of Topliss-reactive ketones (excluding diaryl/α,β-unsaturated/α-hetero) is 1. The number of benzene rings is 1. The van der Waals surface area contributed by atoms with Crippen molar-refractivity contribution in [3.05, 3.63) is 30.0 Å². The number of hydrogen-bond acceptors (Lipinski definition) is 6. The number of hydrogen-bond donors (Lipinski definition) is 5. The van der Waals surface area contributed by atoms with Crippen molar-refractivity contribution >= 4 is 40.3 Å². The van der Waals surface area contributed by atoms with Crippen molar-refractivity contribution in [2.24, 2.45) is 11.8 Å². The van der Waals surface area contributed by atoms with Gasteiger partial charge in [-0.3, -0.25) is 24.0 Å². The Kier molecular flexibility index (Phi) is 9.26. The minimum atomic E-state index is -0.989. The fraction of sp³-hybridized carbons (Fsp3) is 0.500. The van der Waals surface area contributed by atoms with E-state index in [-0.39, 0.29) is 36.4 Å². The number of nitrogens with one attached hydrogen (secondary N) is 5. The van der Waals surface area contributed by atoms with Gasteiger partial charge in [0.05, 0.1) is 19.7 Å². The average molecular weight is 514 g/mol. The Hall–Kier alpha value is -3.89. The van der Waals surface area contributed by atoms with Crippen LogP contribution in [0.25, 0.3) is 10.9 Å². The van der Waals surface area contributed by atoms with Gasteiger partial charge in [0.25, 0.3) is 5.91 Å². The summed E-state index contributed by atoms with van der Waals surface area (Å²) in [7, 11) is 1.55.